The lowest BCUT2D eigenvalue weighted by atomic mass is 10.2. The average Bonchev–Trinajstić information content (AvgIpc) is 3.20. The van der Waals surface area contributed by atoms with E-state index in [1.165, 1.54) is 6.08 Å². The number of hydrogen-bond donors (Lipinski definition) is 1. The molecule has 0 fully saturated rings. The molecule has 0 atom stereocenters. The van der Waals surface area contributed by atoms with Crippen LogP contribution < -0.4 is 14.8 Å². The molecule has 3 rings (SSSR count). The molecule has 3 aromatic rings. The Morgan fingerprint density at radius 2 is 1.89 bits per heavy atom. The molecule has 0 radical (unpaired) electrons. The zero-order valence-electron chi connectivity index (χ0n) is 15.0. The number of nitrogens with one attached hydrogen (secondary N) is 1. The van der Waals surface area contributed by atoms with E-state index in [4.69, 9.17) is 14.0 Å². The first-order valence-electron chi connectivity index (χ1n) is 8.25. The quantitative estimate of drug-likeness (QED) is 0.648. The molecule has 7 nitrogen and oxygen atoms in total. The van der Waals surface area contributed by atoms with E-state index in [1.807, 2.05) is 48.5 Å². The second kappa shape index (κ2) is 8.66. The van der Waals surface area contributed by atoms with Crippen LogP contribution in [0.5, 0.6) is 11.5 Å². The minimum atomic E-state index is -0.257. The predicted molar refractivity (Wildman–Crippen MR) is 100 cm³/mol. The van der Waals surface area contributed by atoms with Crippen molar-refractivity contribution in [1.82, 2.24) is 15.5 Å². The normalized spacial score (nSPS) is 10.7. The smallest absolute Gasteiger partial charge is 0.246 e. The largest absolute Gasteiger partial charge is 0.497 e. The molecule has 0 aliphatic heterocycles. The van der Waals surface area contributed by atoms with Gasteiger partial charge in [-0.2, -0.15) is 4.98 Å². The summed E-state index contributed by atoms with van der Waals surface area (Å²) in [6.45, 7) is 0.142. The molecule has 2 aromatic carbocycles. The number of carbonyl (C=O) groups is 1. The van der Waals surface area contributed by atoms with Gasteiger partial charge in [0.1, 0.15) is 11.5 Å². The van der Waals surface area contributed by atoms with Crippen molar-refractivity contribution in [2.45, 2.75) is 6.54 Å². The Balaban J connectivity index is 1.55. The summed E-state index contributed by atoms with van der Waals surface area (Å²) in [5.41, 5.74) is 1.67. The van der Waals surface area contributed by atoms with Crippen molar-refractivity contribution in [3.63, 3.8) is 0 Å². The van der Waals surface area contributed by atoms with Crippen molar-refractivity contribution in [1.29, 1.82) is 0 Å². The van der Waals surface area contributed by atoms with Crippen molar-refractivity contribution < 1.29 is 18.8 Å². The van der Waals surface area contributed by atoms with Gasteiger partial charge in [0.2, 0.25) is 17.6 Å². The summed E-state index contributed by atoms with van der Waals surface area (Å²) >= 11 is 0. The average molecular weight is 365 g/mol. The molecule has 0 bridgehead atoms. The fraction of sp³-hybridized carbons (Fsp3) is 0.150. The highest BCUT2D eigenvalue weighted by molar-refractivity contribution is 5.91. The van der Waals surface area contributed by atoms with Crippen molar-refractivity contribution in [3.8, 4) is 22.9 Å². The van der Waals surface area contributed by atoms with Crippen molar-refractivity contribution in [2.75, 3.05) is 14.2 Å². The SMILES string of the molecule is COc1ccc(/C=C/C(=O)NCc2nc(-c3cccc(OC)c3)no2)cc1. The van der Waals surface area contributed by atoms with Crippen LogP contribution in [0.25, 0.3) is 17.5 Å². The van der Waals surface area contributed by atoms with Gasteiger partial charge in [-0.05, 0) is 35.9 Å². The summed E-state index contributed by atoms with van der Waals surface area (Å²) in [4.78, 5) is 16.2. The first-order chi connectivity index (χ1) is 13.2. The molecule has 0 saturated carbocycles. The molecular formula is C20H19N3O4. The molecule has 0 aliphatic carbocycles. The predicted octanol–water partition coefficient (Wildman–Crippen LogP) is 3.08. The summed E-state index contributed by atoms with van der Waals surface area (Å²) < 4.78 is 15.5. The number of methoxy groups -OCH3 is 2. The Kier molecular flexibility index (Phi) is 5.84. The van der Waals surface area contributed by atoms with Crippen LogP contribution in [0.15, 0.2) is 59.1 Å². The minimum Gasteiger partial charge on any atom is -0.497 e. The van der Waals surface area contributed by atoms with Crippen LogP contribution in [0.4, 0.5) is 0 Å². The summed E-state index contributed by atoms with van der Waals surface area (Å²) in [5, 5.41) is 6.63. The van der Waals surface area contributed by atoms with Gasteiger partial charge in [0.25, 0.3) is 0 Å². The van der Waals surface area contributed by atoms with E-state index in [9.17, 15) is 4.79 Å². The lowest BCUT2D eigenvalue weighted by molar-refractivity contribution is -0.116. The van der Waals surface area contributed by atoms with Gasteiger partial charge in [-0.15, -0.1) is 0 Å². The molecule has 1 heterocycles. The van der Waals surface area contributed by atoms with Gasteiger partial charge >= 0.3 is 0 Å². The van der Waals surface area contributed by atoms with Crippen LogP contribution in [0.1, 0.15) is 11.5 Å². The highest BCUT2D eigenvalue weighted by Crippen LogP contribution is 2.21. The zero-order valence-corrected chi connectivity index (χ0v) is 15.0. The zero-order chi connectivity index (χ0) is 19.1. The second-order valence-electron chi connectivity index (χ2n) is 5.57. The van der Waals surface area contributed by atoms with Gasteiger partial charge in [0, 0.05) is 11.6 Å². The van der Waals surface area contributed by atoms with Gasteiger partial charge in [0.05, 0.1) is 20.8 Å². The maximum absolute atomic E-state index is 11.9. The fourth-order valence-electron chi connectivity index (χ4n) is 2.31. The van der Waals surface area contributed by atoms with E-state index in [1.54, 1.807) is 20.3 Å². The second-order valence-corrected chi connectivity index (χ2v) is 5.57. The molecule has 0 aliphatic rings. The molecule has 0 unspecified atom stereocenters. The standard InChI is InChI=1S/C20H19N3O4/c1-25-16-9-6-14(7-10-16)8-11-18(24)21-13-19-22-20(23-27-19)15-4-3-5-17(12-15)26-2/h3-12H,13H2,1-2H3,(H,21,24)/b11-8+. The van der Waals surface area contributed by atoms with Gasteiger partial charge in [0.15, 0.2) is 0 Å². The summed E-state index contributed by atoms with van der Waals surface area (Å²) in [6, 6.07) is 14.7. The first kappa shape index (κ1) is 18.2. The third-order valence-corrected chi connectivity index (χ3v) is 3.75. The van der Waals surface area contributed by atoms with E-state index >= 15 is 0 Å². The fourth-order valence-corrected chi connectivity index (χ4v) is 2.31. The van der Waals surface area contributed by atoms with Crippen molar-refractivity contribution >= 4 is 12.0 Å². The maximum atomic E-state index is 11.9. The number of nitrogens with zero attached hydrogens (tertiary/aromatic N) is 2. The molecule has 27 heavy (non-hydrogen) atoms. The molecule has 138 valence electrons. The number of carbonyl (C=O) groups excluding carboxylic acids is 1. The Hall–Kier alpha value is -3.61. The van der Waals surface area contributed by atoms with Crippen molar-refractivity contribution in [2.24, 2.45) is 0 Å². The molecule has 1 aromatic heterocycles. The lowest BCUT2D eigenvalue weighted by Crippen LogP contribution is -2.20. The van der Waals surface area contributed by atoms with E-state index in [0.29, 0.717) is 17.5 Å². The Morgan fingerprint density at radius 3 is 2.63 bits per heavy atom. The monoisotopic (exact) mass is 365 g/mol. The molecule has 1 amide bonds. The summed E-state index contributed by atoms with van der Waals surface area (Å²) in [7, 11) is 3.20. The molecule has 7 heteroatoms. The lowest BCUT2D eigenvalue weighted by Gasteiger charge is -2.00. The molecule has 0 saturated heterocycles. The molecule has 0 spiro atoms. The summed E-state index contributed by atoms with van der Waals surface area (Å²) in [6.07, 6.45) is 3.16. The first-order valence-corrected chi connectivity index (χ1v) is 8.25. The topological polar surface area (TPSA) is 86.5 Å². The van der Waals surface area contributed by atoms with Gasteiger partial charge in [-0.25, -0.2) is 0 Å². The van der Waals surface area contributed by atoms with Crippen LogP contribution in [-0.2, 0) is 11.3 Å². The van der Waals surface area contributed by atoms with E-state index in [0.717, 1.165) is 16.9 Å². The van der Waals surface area contributed by atoms with E-state index < -0.39 is 0 Å². The number of hydrogen-bond acceptors (Lipinski definition) is 6. The molecular weight excluding hydrogens is 346 g/mol. The Morgan fingerprint density at radius 1 is 1.11 bits per heavy atom. The van der Waals surface area contributed by atoms with Crippen LogP contribution in [0.2, 0.25) is 0 Å². The van der Waals surface area contributed by atoms with Crippen LogP contribution in [0, 0.1) is 0 Å². The highest BCUT2D eigenvalue weighted by atomic mass is 16.5. The molecule has 1 N–H and O–H groups in total. The van der Waals surface area contributed by atoms with Gasteiger partial charge < -0.3 is 19.3 Å². The summed E-state index contributed by atoms with van der Waals surface area (Å²) in [5.74, 6) is 1.97. The number of aromatic nitrogens is 2. The van der Waals surface area contributed by atoms with E-state index in [2.05, 4.69) is 15.5 Å². The Labute approximate surface area is 156 Å². The maximum Gasteiger partial charge on any atom is 0.246 e. The van der Waals surface area contributed by atoms with Crippen molar-refractivity contribution in [3.05, 3.63) is 66.1 Å². The number of amides is 1. The third kappa shape index (κ3) is 4.94. The van der Waals surface area contributed by atoms with Crippen LogP contribution in [0.3, 0.4) is 0 Å². The van der Waals surface area contributed by atoms with Crippen LogP contribution >= 0.6 is 0 Å². The number of benzene rings is 2. The van der Waals surface area contributed by atoms with Crippen LogP contribution in [-0.4, -0.2) is 30.3 Å². The number of rotatable bonds is 7. The third-order valence-electron chi connectivity index (χ3n) is 3.75. The van der Waals surface area contributed by atoms with Gasteiger partial charge in [-0.3, -0.25) is 4.79 Å². The van der Waals surface area contributed by atoms with Gasteiger partial charge in [-0.1, -0.05) is 29.4 Å². The highest BCUT2D eigenvalue weighted by Gasteiger charge is 2.10. The van der Waals surface area contributed by atoms with E-state index in [-0.39, 0.29) is 12.5 Å². The Bertz CT molecular complexity index is 932. The minimum absolute atomic E-state index is 0.142. The number of ether oxygens (including phenoxy) is 2.